The second-order valence-electron chi connectivity index (χ2n) is 2.59. The van der Waals surface area contributed by atoms with Crippen molar-refractivity contribution in [2.24, 2.45) is 0 Å². The summed E-state index contributed by atoms with van der Waals surface area (Å²) in [5.41, 5.74) is 0. The van der Waals surface area contributed by atoms with E-state index in [-0.39, 0.29) is 0 Å². The van der Waals surface area contributed by atoms with Gasteiger partial charge in [-0.15, -0.1) is 0 Å². The molecule has 11 heavy (non-hydrogen) atoms. The van der Waals surface area contributed by atoms with Crippen molar-refractivity contribution in [2.45, 2.75) is 13.0 Å². The van der Waals surface area contributed by atoms with E-state index in [0.717, 1.165) is 13.1 Å². The maximum absolute atomic E-state index is 10.5. The predicted octanol–water partition coefficient (Wildman–Crippen LogP) is -0.208. The molecule has 1 aliphatic rings. The number of likely N-dealkylation sites (N-methyl/N-ethyl adjacent to an activating group) is 1. The molecule has 4 nitrogen and oxygen atoms in total. The second-order valence-corrected chi connectivity index (χ2v) is 2.59. The van der Waals surface area contributed by atoms with Crippen LogP contribution in [0.15, 0.2) is 0 Å². The Labute approximate surface area is 65.8 Å². The van der Waals surface area contributed by atoms with Gasteiger partial charge < -0.3 is 9.84 Å². The predicted molar refractivity (Wildman–Crippen MR) is 39.5 cm³/mol. The second kappa shape index (κ2) is 3.69. The Morgan fingerprint density at radius 2 is 2.55 bits per heavy atom. The maximum Gasteiger partial charge on any atom is 0.334 e. The highest BCUT2D eigenvalue weighted by atomic mass is 16.5. The minimum Gasteiger partial charge on any atom is -0.479 e. The molecule has 1 rings (SSSR count). The first-order valence-electron chi connectivity index (χ1n) is 3.80. The van der Waals surface area contributed by atoms with Gasteiger partial charge in [0.05, 0.1) is 6.61 Å². The van der Waals surface area contributed by atoms with Crippen LogP contribution in [-0.2, 0) is 9.53 Å². The standard InChI is InChI=1S/C7H13NO3/c1-2-8-3-4-11-6(5-8)7(9)10/h6H,2-5H2,1H3,(H,9,10)/t6-/m0/s1. The number of carboxylic acids is 1. The van der Waals surface area contributed by atoms with Crippen LogP contribution in [0, 0.1) is 0 Å². The van der Waals surface area contributed by atoms with Gasteiger partial charge in [0.2, 0.25) is 0 Å². The number of hydrogen-bond donors (Lipinski definition) is 1. The molecule has 1 heterocycles. The highest BCUT2D eigenvalue weighted by Crippen LogP contribution is 2.03. The smallest absolute Gasteiger partial charge is 0.334 e. The van der Waals surface area contributed by atoms with E-state index in [9.17, 15) is 4.79 Å². The molecule has 1 aliphatic heterocycles. The van der Waals surface area contributed by atoms with E-state index in [2.05, 4.69) is 4.90 Å². The summed E-state index contributed by atoms with van der Waals surface area (Å²) in [5, 5.41) is 8.60. The summed E-state index contributed by atoms with van der Waals surface area (Å²) in [6, 6.07) is 0. The van der Waals surface area contributed by atoms with Crippen LogP contribution in [-0.4, -0.2) is 48.3 Å². The fourth-order valence-electron chi connectivity index (χ4n) is 1.14. The molecule has 0 amide bonds. The first-order chi connectivity index (χ1) is 5.24. The molecule has 1 fully saturated rings. The summed E-state index contributed by atoms with van der Waals surface area (Å²) in [6.45, 7) is 4.81. The summed E-state index contributed by atoms with van der Waals surface area (Å²) in [6.07, 6.45) is -0.622. The Kier molecular flexibility index (Phi) is 2.84. The number of carbonyl (C=O) groups is 1. The van der Waals surface area contributed by atoms with E-state index in [0.29, 0.717) is 13.2 Å². The molecule has 0 bridgehead atoms. The molecular weight excluding hydrogens is 146 g/mol. The molecule has 64 valence electrons. The Bertz CT molecular complexity index is 149. The van der Waals surface area contributed by atoms with Gasteiger partial charge in [0.15, 0.2) is 6.10 Å². The number of carboxylic acid groups (broad SMARTS) is 1. The first kappa shape index (κ1) is 8.49. The molecule has 4 heteroatoms. The van der Waals surface area contributed by atoms with E-state index in [1.807, 2.05) is 6.92 Å². The number of morpholine rings is 1. The zero-order valence-corrected chi connectivity index (χ0v) is 6.62. The fraction of sp³-hybridized carbons (Fsp3) is 0.857. The number of rotatable bonds is 2. The average molecular weight is 159 g/mol. The summed E-state index contributed by atoms with van der Waals surface area (Å²) in [5.74, 6) is -0.858. The van der Waals surface area contributed by atoms with Gasteiger partial charge in [0.1, 0.15) is 0 Å². The quantitative estimate of drug-likeness (QED) is 0.605. The van der Waals surface area contributed by atoms with Gasteiger partial charge in [-0.05, 0) is 6.54 Å². The molecule has 0 saturated carbocycles. The van der Waals surface area contributed by atoms with Crippen LogP contribution in [0.3, 0.4) is 0 Å². The van der Waals surface area contributed by atoms with Crippen molar-refractivity contribution in [2.75, 3.05) is 26.2 Å². The Balaban J connectivity index is 2.39. The van der Waals surface area contributed by atoms with Crippen molar-refractivity contribution < 1.29 is 14.6 Å². The van der Waals surface area contributed by atoms with Gasteiger partial charge in [0.25, 0.3) is 0 Å². The molecule has 1 N–H and O–H groups in total. The van der Waals surface area contributed by atoms with Crippen molar-refractivity contribution in [3.05, 3.63) is 0 Å². The van der Waals surface area contributed by atoms with Crippen molar-refractivity contribution in [1.82, 2.24) is 4.90 Å². The van der Waals surface area contributed by atoms with Gasteiger partial charge in [-0.25, -0.2) is 4.79 Å². The third-order valence-electron chi connectivity index (χ3n) is 1.87. The first-order valence-corrected chi connectivity index (χ1v) is 3.80. The lowest BCUT2D eigenvalue weighted by molar-refractivity contribution is -0.155. The molecule has 0 unspecified atom stereocenters. The molecule has 0 aliphatic carbocycles. The Morgan fingerprint density at radius 1 is 1.82 bits per heavy atom. The topological polar surface area (TPSA) is 49.8 Å². The summed E-state index contributed by atoms with van der Waals surface area (Å²) >= 11 is 0. The van der Waals surface area contributed by atoms with E-state index in [4.69, 9.17) is 9.84 Å². The highest BCUT2D eigenvalue weighted by Gasteiger charge is 2.24. The fourth-order valence-corrected chi connectivity index (χ4v) is 1.14. The summed E-state index contributed by atoms with van der Waals surface area (Å²) in [4.78, 5) is 12.5. The minimum absolute atomic E-state index is 0.520. The SMILES string of the molecule is CCN1CCO[C@H](C(=O)O)C1. The van der Waals surface area contributed by atoms with Crippen LogP contribution in [0.4, 0.5) is 0 Å². The zero-order chi connectivity index (χ0) is 8.27. The minimum atomic E-state index is -0.858. The summed E-state index contributed by atoms with van der Waals surface area (Å²) in [7, 11) is 0. The van der Waals surface area contributed by atoms with Crippen LogP contribution in [0.2, 0.25) is 0 Å². The molecule has 0 radical (unpaired) electrons. The van der Waals surface area contributed by atoms with Crippen molar-refractivity contribution in [3.8, 4) is 0 Å². The van der Waals surface area contributed by atoms with Gasteiger partial charge >= 0.3 is 5.97 Å². The van der Waals surface area contributed by atoms with Crippen LogP contribution >= 0.6 is 0 Å². The zero-order valence-electron chi connectivity index (χ0n) is 6.62. The molecule has 1 saturated heterocycles. The molecule has 0 aromatic heterocycles. The molecule has 0 aromatic rings. The van der Waals surface area contributed by atoms with Crippen LogP contribution in [0.25, 0.3) is 0 Å². The van der Waals surface area contributed by atoms with Gasteiger partial charge in [-0.3, -0.25) is 4.90 Å². The largest absolute Gasteiger partial charge is 0.479 e. The van der Waals surface area contributed by atoms with E-state index >= 15 is 0 Å². The van der Waals surface area contributed by atoms with Crippen LogP contribution in [0.5, 0.6) is 0 Å². The highest BCUT2D eigenvalue weighted by molar-refractivity contribution is 5.72. The molecule has 1 atom stereocenters. The molecule has 0 aromatic carbocycles. The third kappa shape index (κ3) is 2.17. The molecular formula is C7H13NO3. The maximum atomic E-state index is 10.5. The summed E-state index contributed by atoms with van der Waals surface area (Å²) < 4.78 is 5.03. The van der Waals surface area contributed by atoms with Gasteiger partial charge in [-0.1, -0.05) is 6.92 Å². The number of aliphatic carboxylic acids is 1. The third-order valence-corrected chi connectivity index (χ3v) is 1.87. The lowest BCUT2D eigenvalue weighted by Crippen LogP contribution is -2.45. The van der Waals surface area contributed by atoms with E-state index in [1.54, 1.807) is 0 Å². The number of hydrogen-bond acceptors (Lipinski definition) is 3. The van der Waals surface area contributed by atoms with E-state index < -0.39 is 12.1 Å². The Hall–Kier alpha value is -0.610. The van der Waals surface area contributed by atoms with E-state index in [1.165, 1.54) is 0 Å². The lowest BCUT2D eigenvalue weighted by atomic mass is 10.3. The van der Waals surface area contributed by atoms with Crippen molar-refractivity contribution in [1.29, 1.82) is 0 Å². The molecule has 0 spiro atoms. The average Bonchev–Trinajstić information content (AvgIpc) is 2.05. The van der Waals surface area contributed by atoms with Crippen LogP contribution in [0.1, 0.15) is 6.92 Å². The number of nitrogens with zero attached hydrogens (tertiary/aromatic N) is 1. The van der Waals surface area contributed by atoms with Crippen molar-refractivity contribution >= 4 is 5.97 Å². The van der Waals surface area contributed by atoms with Crippen molar-refractivity contribution in [3.63, 3.8) is 0 Å². The lowest BCUT2D eigenvalue weighted by Gasteiger charge is -2.29. The normalized spacial score (nSPS) is 26.8. The monoisotopic (exact) mass is 159 g/mol. The van der Waals surface area contributed by atoms with Gasteiger partial charge in [-0.2, -0.15) is 0 Å². The van der Waals surface area contributed by atoms with Gasteiger partial charge in [0, 0.05) is 13.1 Å². The van der Waals surface area contributed by atoms with Crippen LogP contribution < -0.4 is 0 Å². The Morgan fingerprint density at radius 3 is 3.09 bits per heavy atom. The number of ether oxygens (including phenoxy) is 1.